The monoisotopic (exact) mass is 240 g/mol. The third-order valence-corrected chi connectivity index (χ3v) is 3.06. The highest BCUT2D eigenvalue weighted by Crippen LogP contribution is 2.44. The van der Waals surface area contributed by atoms with Gasteiger partial charge >= 0.3 is 11.9 Å². The second-order valence-electron chi connectivity index (χ2n) is 4.07. The molecule has 0 N–H and O–H groups in total. The Morgan fingerprint density at radius 3 is 2.65 bits per heavy atom. The van der Waals surface area contributed by atoms with E-state index in [1.54, 1.807) is 26.0 Å². The van der Waals surface area contributed by atoms with Crippen molar-refractivity contribution in [1.29, 1.82) is 0 Å². The van der Waals surface area contributed by atoms with Gasteiger partial charge in [-0.25, -0.2) is 4.79 Å². The molecule has 0 spiro atoms. The van der Waals surface area contributed by atoms with Crippen LogP contribution in [-0.4, -0.2) is 36.9 Å². The van der Waals surface area contributed by atoms with E-state index in [-0.39, 0.29) is 12.7 Å². The minimum Gasteiger partial charge on any atom is -0.466 e. The molecule has 5 heteroatoms. The van der Waals surface area contributed by atoms with Crippen molar-refractivity contribution in [1.82, 2.24) is 0 Å². The smallest absolute Gasteiger partial charge is 0.343 e. The first-order valence-electron chi connectivity index (χ1n) is 5.85. The van der Waals surface area contributed by atoms with Gasteiger partial charge in [0.2, 0.25) is 0 Å². The molecule has 2 aliphatic heterocycles. The van der Waals surface area contributed by atoms with Gasteiger partial charge in [0, 0.05) is 0 Å². The predicted octanol–water partition coefficient (Wildman–Crippen LogP) is 0.826. The van der Waals surface area contributed by atoms with Gasteiger partial charge in [-0.1, -0.05) is 6.08 Å². The summed E-state index contributed by atoms with van der Waals surface area (Å²) in [5.74, 6) is -1.49. The molecule has 0 saturated carbocycles. The number of esters is 2. The van der Waals surface area contributed by atoms with Crippen LogP contribution in [0.1, 0.15) is 20.3 Å². The lowest BCUT2D eigenvalue weighted by Gasteiger charge is -2.26. The van der Waals surface area contributed by atoms with Gasteiger partial charge < -0.3 is 14.2 Å². The maximum absolute atomic E-state index is 11.9. The summed E-state index contributed by atoms with van der Waals surface area (Å²) in [5.41, 5.74) is -1.26. The second-order valence-corrected chi connectivity index (χ2v) is 4.07. The van der Waals surface area contributed by atoms with Gasteiger partial charge in [-0.2, -0.15) is 0 Å². The third kappa shape index (κ3) is 1.84. The fourth-order valence-corrected chi connectivity index (χ4v) is 2.33. The van der Waals surface area contributed by atoms with Crippen molar-refractivity contribution in [3.8, 4) is 0 Å². The van der Waals surface area contributed by atoms with Crippen LogP contribution in [0.2, 0.25) is 0 Å². The quantitative estimate of drug-likeness (QED) is 0.538. The number of carbonyl (C=O) groups excluding carboxylic acids is 2. The normalized spacial score (nSPS) is 33.8. The molecule has 2 bridgehead atoms. The highest BCUT2D eigenvalue weighted by atomic mass is 16.6. The molecule has 2 aliphatic rings. The molecule has 0 amide bonds. The van der Waals surface area contributed by atoms with Gasteiger partial charge in [-0.3, -0.25) is 4.79 Å². The van der Waals surface area contributed by atoms with E-state index in [4.69, 9.17) is 14.2 Å². The molecule has 0 aliphatic carbocycles. The predicted molar refractivity (Wildman–Crippen MR) is 58.1 cm³/mol. The molecule has 1 saturated heterocycles. The summed E-state index contributed by atoms with van der Waals surface area (Å²) in [7, 11) is 0. The number of rotatable bonds is 4. The Kier molecular flexibility index (Phi) is 3.19. The molecule has 0 aromatic carbocycles. The van der Waals surface area contributed by atoms with E-state index in [1.807, 2.05) is 0 Å². The van der Waals surface area contributed by atoms with Crippen LogP contribution in [0.25, 0.3) is 0 Å². The zero-order valence-corrected chi connectivity index (χ0v) is 9.97. The van der Waals surface area contributed by atoms with Gasteiger partial charge in [-0.15, -0.1) is 0 Å². The molecule has 17 heavy (non-hydrogen) atoms. The van der Waals surface area contributed by atoms with Crippen molar-refractivity contribution in [3.05, 3.63) is 12.2 Å². The Morgan fingerprint density at radius 2 is 2.06 bits per heavy atom. The fraction of sp³-hybridized carbons (Fsp3) is 0.667. The molecule has 3 atom stereocenters. The lowest BCUT2D eigenvalue weighted by Crippen LogP contribution is -2.46. The van der Waals surface area contributed by atoms with Gasteiger partial charge in [0.05, 0.1) is 19.3 Å². The fourth-order valence-electron chi connectivity index (χ4n) is 2.33. The minimum atomic E-state index is -1.26. The zero-order chi connectivity index (χ0) is 12.5. The standard InChI is InChI=1S/C12H16O5/c1-3-15-10(13)9-7-8-5-6-12(9,17-8)11(14)16-4-2/h5-6,8-9H,3-4,7H2,1-2H3. The van der Waals surface area contributed by atoms with Crippen LogP contribution >= 0.6 is 0 Å². The van der Waals surface area contributed by atoms with Gasteiger partial charge in [-0.05, 0) is 26.3 Å². The lowest BCUT2D eigenvalue weighted by molar-refractivity contribution is -0.171. The van der Waals surface area contributed by atoms with Crippen LogP contribution in [0.3, 0.4) is 0 Å². The number of carbonyl (C=O) groups is 2. The Balaban J connectivity index is 2.20. The van der Waals surface area contributed by atoms with Crippen molar-refractivity contribution in [2.75, 3.05) is 13.2 Å². The summed E-state index contributed by atoms with van der Waals surface area (Å²) in [6.45, 7) is 4.01. The van der Waals surface area contributed by atoms with Gasteiger partial charge in [0.25, 0.3) is 0 Å². The number of fused-ring (bicyclic) bond motifs is 2. The van der Waals surface area contributed by atoms with E-state index in [9.17, 15) is 9.59 Å². The zero-order valence-electron chi connectivity index (χ0n) is 9.97. The highest BCUT2D eigenvalue weighted by molar-refractivity contribution is 5.91. The average Bonchev–Trinajstić information content (AvgIpc) is 2.88. The second kappa shape index (κ2) is 4.49. The van der Waals surface area contributed by atoms with E-state index >= 15 is 0 Å². The van der Waals surface area contributed by atoms with Crippen molar-refractivity contribution in [2.24, 2.45) is 5.92 Å². The first-order chi connectivity index (χ1) is 8.14. The van der Waals surface area contributed by atoms with Crippen LogP contribution in [0, 0.1) is 5.92 Å². The lowest BCUT2D eigenvalue weighted by atomic mass is 9.83. The molecule has 5 nitrogen and oxygen atoms in total. The van der Waals surface area contributed by atoms with E-state index < -0.39 is 23.5 Å². The number of ether oxygens (including phenoxy) is 3. The van der Waals surface area contributed by atoms with Crippen LogP contribution < -0.4 is 0 Å². The summed E-state index contributed by atoms with van der Waals surface area (Å²) in [6.07, 6.45) is 3.72. The number of hydrogen-bond donors (Lipinski definition) is 0. The molecule has 1 fully saturated rings. The van der Waals surface area contributed by atoms with Crippen LogP contribution in [0.5, 0.6) is 0 Å². The maximum Gasteiger partial charge on any atom is 0.343 e. The van der Waals surface area contributed by atoms with E-state index in [0.29, 0.717) is 13.0 Å². The molecule has 0 radical (unpaired) electrons. The first-order valence-corrected chi connectivity index (χ1v) is 5.85. The Hall–Kier alpha value is -1.36. The van der Waals surface area contributed by atoms with Gasteiger partial charge in [0.15, 0.2) is 5.60 Å². The number of hydrogen-bond acceptors (Lipinski definition) is 5. The molecule has 0 aromatic heterocycles. The topological polar surface area (TPSA) is 61.8 Å². The molecule has 2 heterocycles. The highest BCUT2D eigenvalue weighted by Gasteiger charge is 2.60. The van der Waals surface area contributed by atoms with Crippen LogP contribution in [0.15, 0.2) is 12.2 Å². The van der Waals surface area contributed by atoms with Gasteiger partial charge in [0.1, 0.15) is 5.92 Å². The molecular formula is C12H16O5. The van der Waals surface area contributed by atoms with Crippen molar-refractivity contribution < 1.29 is 23.8 Å². The summed E-state index contributed by atoms with van der Waals surface area (Å²) >= 11 is 0. The van der Waals surface area contributed by atoms with Crippen LogP contribution in [0.4, 0.5) is 0 Å². The summed E-state index contributed by atoms with van der Waals surface area (Å²) < 4.78 is 15.5. The van der Waals surface area contributed by atoms with E-state index in [2.05, 4.69) is 0 Å². The van der Waals surface area contributed by atoms with Crippen molar-refractivity contribution in [3.63, 3.8) is 0 Å². The molecule has 0 aromatic rings. The minimum absolute atomic E-state index is 0.186. The van der Waals surface area contributed by atoms with E-state index in [1.165, 1.54) is 0 Å². The first kappa shape index (κ1) is 12.1. The van der Waals surface area contributed by atoms with E-state index in [0.717, 1.165) is 0 Å². The Morgan fingerprint density at radius 1 is 1.35 bits per heavy atom. The SMILES string of the molecule is CCOC(=O)C1CC2C=CC1(C(=O)OCC)O2. The van der Waals surface area contributed by atoms with Crippen molar-refractivity contribution in [2.45, 2.75) is 32.0 Å². The van der Waals surface area contributed by atoms with Crippen LogP contribution in [-0.2, 0) is 23.8 Å². The molecule has 94 valence electrons. The summed E-state index contributed by atoms with van der Waals surface area (Å²) in [4.78, 5) is 23.7. The summed E-state index contributed by atoms with van der Waals surface area (Å²) in [6, 6.07) is 0. The summed E-state index contributed by atoms with van der Waals surface area (Å²) in [5, 5.41) is 0. The third-order valence-electron chi connectivity index (χ3n) is 3.06. The average molecular weight is 240 g/mol. The molecular weight excluding hydrogens is 224 g/mol. The molecule has 3 unspecified atom stereocenters. The van der Waals surface area contributed by atoms with Crippen molar-refractivity contribution >= 4 is 11.9 Å². The molecule has 2 rings (SSSR count). The maximum atomic E-state index is 11.9. The Bertz CT molecular complexity index is 362. The largest absolute Gasteiger partial charge is 0.466 e. The Labute approximate surface area is 99.7 Å².